The topological polar surface area (TPSA) is 12.0 Å². The maximum atomic E-state index is 13.4. The lowest BCUT2D eigenvalue weighted by Gasteiger charge is -2.18. The summed E-state index contributed by atoms with van der Waals surface area (Å²) in [6, 6.07) is 5.39. The highest BCUT2D eigenvalue weighted by Crippen LogP contribution is 2.21. The summed E-state index contributed by atoms with van der Waals surface area (Å²) in [4.78, 5) is 0. The van der Waals surface area contributed by atoms with Gasteiger partial charge in [-0.3, -0.25) is 0 Å². The van der Waals surface area contributed by atoms with Gasteiger partial charge in [0.25, 0.3) is 0 Å². The molecule has 1 aromatic carbocycles. The molecule has 0 saturated heterocycles. The SMILES string of the molecule is C#CCCCC(NCC)c1cc(C)cc(F)c1. The molecule has 0 amide bonds. The third-order valence-electron chi connectivity index (χ3n) is 2.73. The highest BCUT2D eigenvalue weighted by Gasteiger charge is 2.11. The van der Waals surface area contributed by atoms with Crippen LogP contribution in [0.1, 0.15) is 43.4 Å². The van der Waals surface area contributed by atoms with E-state index < -0.39 is 0 Å². The first-order valence-corrected chi connectivity index (χ1v) is 6.11. The van der Waals surface area contributed by atoms with Gasteiger partial charge in [0.2, 0.25) is 0 Å². The van der Waals surface area contributed by atoms with Gasteiger partial charge < -0.3 is 5.32 Å². The average Bonchev–Trinajstić information content (AvgIpc) is 2.27. The monoisotopic (exact) mass is 233 g/mol. The number of aryl methyl sites for hydroxylation is 1. The minimum absolute atomic E-state index is 0.167. The summed E-state index contributed by atoms with van der Waals surface area (Å²) in [6.45, 7) is 4.84. The molecule has 1 aromatic rings. The fraction of sp³-hybridized carbons (Fsp3) is 0.467. The molecular formula is C15H20FN. The molecule has 0 fully saturated rings. The van der Waals surface area contributed by atoms with Crippen molar-refractivity contribution in [1.29, 1.82) is 0 Å². The number of rotatable bonds is 6. The maximum Gasteiger partial charge on any atom is 0.123 e. The molecule has 2 heteroatoms. The first kappa shape index (κ1) is 13.7. The van der Waals surface area contributed by atoms with Gasteiger partial charge in [0.1, 0.15) is 5.82 Å². The van der Waals surface area contributed by atoms with E-state index in [1.54, 1.807) is 12.1 Å². The molecule has 0 spiro atoms. The third kappa shape index (κ3) is 4.58. The Morgan fingerprint density at radius 3 is 2.76 bits per heavy atom. The molecule has 1 unspecified atom stereocenters. The number of terminal acetylenes is 1. The summed E-state index contributed by atoms with van der Waals surface area (Å²) in [5.74, 6) is 2.47. The van der Waals surface area contributed by atoms with Crippen molar-refractivity contribution in [3.63, 3.8) is 0 Å². The number of unbranched alkanes of at least 4 members (excludes halogenated alkanes) is 1. The molecule has 1 nitrogen and oxygen atoms in total. The zero-order chi connectivity index (χ0) is 12.7. The molecular weight excluding hydrogens is 213 g/mol. The molecule has 0 aliphatic carbocycles. The average molecular weight is 233 g/mol. The summed E-state index contributed by atoms with van der Waals surface area (Å²) >= 11 is 0. The van der Waals surface area contributed by atoms with Crippen molar-refractivity contribution < 1.29 is 4.39 Å². The van der Waals surface area contributed by atoms with Gasteiger partial charge in [-0.05, 0) is 49.6 Å². The van der Waals surface area contributed by atoms with Crippen molar-refractivity contribution in [3.05, 3.63) is 35.1 Å². The Balaban J connectivity index is 2.77. The zero-order valence-corrected chi connectivity index (χ0v) is 10.6. The fourth-order valence-corrected chi connectivity index (χ4v) is 2.01. The van der Waals surface area contributed by atoms with Crippen LogP contribution in [0.2, 0.25) is 0 Å². The standard InChI is InChI=1S/C15H20FN/c1-4-6-7-8-15(17-5-2)13-9-12(3)10-14(16)11-13/h1,9-11,15,17H,5-8H2,2-3H3. The largest absolute Gasteiger partial charge is 0.310 e. The van der Waals surface area contributed by atoms with Crippen LogP contribution in [0, 0.1) is 25.1 Å². The predicted molar refractivity (Wildman–Crippen MR) is 70.2 cm³/mol. The first-order valence-electron chi connectivity index (χ1n) is 6.11. The van der Waals surface area contributed by atoms with E-state index in [2.05, 4.69) is 18.2 Å². The zero-order valence-electron chi connectivity index (χ0n) is 10.6. The van der Waals surface area contributed by atoms with Crippen LogP contribution in [0.5, 0.6) is 0 Å². The van der Waals surface area contributed by atoms with Crippen LogP contribution >= 0.6 is 0 Å². The minimum Gasteiger partial charge on any atom is -0.310 e. The summed E-state index contributed by atoms with van der Waals surface area (Å²) in [5, 5.41) is 3.38. The van der Waals surface area contributed by atoms with Gasteiger partial charge in [-0.25, -0.2) is 4.39 Å². The quantitative estimate of drug-likeness (QED) is 0.585. The van der Waals surface area contributed by atoms with Crippen molar-refractivity contribution >= 4 is 0 Å². The van der Waals surface area contributed by atoms with Crippen molar-refractivity contribution in [1.82, 2.24) is 5.32 Å². The first-order chi connectivity index (χ1) is 8.17. The number of hydrogen-bond acceptors (Lipinski definition) is 1. The number of hydrogen-bond donors (Lipinski definition) is 1. The van der Waals surface area contributed by atoms with E-state index in [0.29, 0.717) is 0 Å². The molecule has 1 N–H and O–H groups in total. The predicted octanol–water partition coefficient (Wildman–Crippen LogP) is 3.59. The molecule has 0 bridgehead atoms. The van der Waals surface area contributed by atoms with Gasteiger partial charge in [-0.15, -0.1) is 12.3 Å². The van der Waals surface area contributed by atoms with E-state index in [0.717, 1.165) is 36.9 Å². The Hall–Kier alpha value is -1.33. The summed E-state index contributed by atoms with van der Waals surface area (Å²) in [7, 11) is 0. The molecule has 0 aliphatic heterocycles. The molecule has 0 aromatic heterocycles. The van der Waals surface area contributed by atoms with Crippen molar-refractivity contribution in [3.8, 4) is 12.3 Å². The van der Waals surface area contributed by atoms with E-state index in [-0.39, 0.29) is 11.9 Å². The van der Waals surface area contributed by atoms with Gasteiger partial charge in [0.05, 0.1) is 0 Å². The normalized spacial score (nSPS) is 12.1. The van der Waals surface area contributed by atoms with Crippen LogP contribution in [-0.4, -0.2) is 6.54 Å². The molecule has 1 rings (SSSR count). The molecule has 17 heavy (non-hydrogen) atoms. The third-order valence-corrected chi connectivity index (χ3v) is 2.73. The van der Waals surface area contributed by atoms with Crippen LogP contribution in [0.4, 0.5) is 4.39 Å². The van der Waals surface area contributed by atoms with Crippen LogP contribution in [0.25, 0.3) is 0 Å². The molecule has 0 aliphatic rings. The Morgan fingerprint density at radius 2 is 2.18 bits per heavy atom. The van der Waals surface area contributed by atoms with Gasteiger partial charge in [0.15, 0.2) is 0 Å². The van der Waals surface area contributed by atoms with Gasteiger partial charge in [-0.2, -0.15) is 0 Å². The Bertz CT molecular complexity index is 372. The van der Waals surface area contributed by atoms with Gasteiger partial charge >= 0.3 is 0 Å². The van der Waals surface area contributed by atoms with E-state index in [1.807, 2.05) is 13.0 Å². The van der Waals surface area contributed by atoms with Gasteiger partial charge in [0, 0.05) is 12.5 Å². The number of nitrogens with one attached hydrogen (secondary N) is 1. The van der Waals surface area contributed by atoms with Crippen LogP contribution in [-0.2, 0) is 0 Å². The van der Waals surface area contributed by atoms with E-state index in [4.69, 9.17) is 6.42 Å². The number of benzene rings is 1. The van der Waals surface area contributed by atoms with Gasteiger partial charge in [-0.1, -0.05) is 13.0 Å². The van der Waals surface area contributed by atoms with Crippen molar-refractivity contribution in [2.24, 2.45) is 0 Å². The number of halogens is 1. The second-order valence-corrected chi connectivity index (χ2v) is 4.27. The van der Waals surface area contributed by atoms with Crippen LogP contribution in [0.15, 0.2) is 18.2 Å². The van der Waals surface area contributed by atoms with Crippen molar-refractivity contribution in [2.45, 2.75) is 39.2 Å². The van der Waals surface area contributed by atoms with E-state index in [1.165, 1.54) is 0 Å². The fourth-order valence-electron chi connectivity index (χ4n) is 2.01. The van der Waals surface area contributed by atoms with E-state index >= 15 is 0 Å². The molecule has 0 saturated carbocycles. The Labute approximate surface area is 103 Å². The summed E-state index contributed by atoms with van der Waals surface area (Å²) in [6.07, 6.45) is 7.93. The molecule has 0 radical (unpaired) electrons. The van der Waals surface area contributed by atoms with Crippen LogP contribution < -0.4 is 5.32 Å². The van der Waals surface area contributed by atoms with E-state index in [9.17, 15) is 4.39 Å². The lowest BCUT2D eigenvalue weighted by molar-refractivity contribution is 0.497. The minimum atomic E-state index is -0.167. The summed E-state index contributed by atoms with van der Waals surface area (Å²) in [5.41, 5.74) is 1.97. The van der Waals surface area contributed by atoms with Crippen molar-refractivity contribution in [2.75, 3.05) is 6.54 Å². The smallest absolute Gasteiger partial charge is 0.123 e. The lowest BCUT2D eigenvalue weighted by Crippen LogP contribution is -2.21. The Kier molecular flexibility index (Phi) is 5.72. The second-order valence-electron chi connectivity index (χ2n) is 4.27. The lowest BCUT2D eigenvalue weighted by atomic mass is 9.99. The van der Waals surface area contributed by atoms with Crippen LogP contribution in [0.3, 0.4) is 0 Å². The second kappa shape index (κ2) is 7.09. The Morgan fingerprint density at radius 1 is 1.41 bits per heavy atom. The molecule has 92 valence electrons. The maximum absolute atomic E-state index is 13.4. The summed E-state index contributed by atoms with van der Waals surface area (Å²) < 4.78 is 13.4. The molecule has 0 heterocycles. The highest BCUT2D eigenvalue weighted by atomic mass is 19.1. The highest BCUT2D eigenvalue weighted by molar-refractivity contribution is 5.26. The molecule has 1 atom stereocenters.